The average molecular weight is 662 g/mol. The number of hydrogen-bond acceptors (Lipinski definition) is 7. The SMILES string of the molecule is CCCCCCCCCCCCCCCCC(C)C(C)(N)Cc1ccccc1.COC(=O)c1cc(C(=O)OC)cc(S(=O)(=O)O)c1. The molecule has 260 valence electrons. The van der Waals surface area contributed by atoms with Crippen molar-refractivity contribution < 1.29 is 32.0 Å². The minimum absolute atomic E-state index is 0.0993. The molecule has 0 radical (unpaired) electrons. The van der Waals surface area contributed by atoms with Crippen LogP contribution in [0.25, 0.3) is 0 Å². The largest absolute Gasteiger partial charge is 0.465 e. The number of methoxy groups -OCH3 is 2. The van der Waals surface area contributed by atoms with Gasteiger partial charge in [-0.25, -0.2) is 9.59 Å². The second-order valence-corrected chi connectivity index (χ2v) is 14.1. The number of hydrogen-bond donors (Lipinski definition) is 2. The first-order chi connectivity index (χ1) is 21.8. The molecule has 2 atom stereocenters. The Bertz CT molecular complexity index is 1210. The normalized spacial score (nSPS) is 13.2. The fraction of sp³-hybridized carbons (Fsp3) is 0.622. The molecule has 0 heterocycles. The summed E-state index contributed by atoms with van der Waals surface area (Å²) in [6.45, 7) is 6.86. The lowest BCUT2D eigenvalue weighted by molar-refractivity contribution is 0.0598. The van der Waals surface area contributed by atoms with Crippen LogP contribution >= 0.6 is 0 Å². The summed E-state index contributed by atoms with van der Waals surface area (Å²) in [6.07, 6.45) is 22.2. The van der Waals surface area contributed by atoms with Crippen molar-refractivity contribution in [1.82, 2.24) is 0 Å². The molecule has 2 aromatic carbocycles. The van der Waals surface area contributed by atoms with Gasteiger partial charge >= 0.3 is 11.9 Å². The lowest BCUT2D eigenvalue weighted by Crippen LogP contribution is -2.45. The van der Waals surface area contributed by atoms with Crippen LogP contribution in [0.15, 0.2) is 53.4 Å². The van der Waals surface area contributed by atoms with Gasteiger partial charge in [0.25, 0.3) is 10.1 Å². The number of carbonyl (C=O) groups is 2. The molecule has 0 fully saturated rings. The van der Waals surface area contributed by atoms with Gasteiger partial charge in [-0.05, 0) is 49.4 Å². The fourth-order valence-corrected chi connectivity index (χ4v) is 5.96. The molecule has 3 N–H and O–H groups in total. The third-order valence-electron chi connectivity index (χ3n) is 8.59. The molecule has 0 spiro atoms. The first kappa shape index (κ1) is 41.3. The number of unbranched alkanes of at least 4 members (excludes halogenated alkanes) is 13. The molecule has 2 rings (SSSR count). The Balaban J connectivity index is 0.000000506. The van der Waals surface area contributed by atoms with Crippen LogP contribution in [-0.4, -0.2) is 44.7 Å². The van der Waals surface area contributed by atoms with E-state index in [2.05, 4.69) is 60.6 Å². The van der Waals surface area contributed by atoms with Crippen molar-refractivity contribution in [2.45, 2.75) is 134 Å². The topological polar surface area (TPSA) is 133 Å². The highest BCUT2D eigenvalue weighted by atomic mass is 32.2. The molecule has 0 aliphatic carbocycles. The summed E-state index contributed by atoms with van der Waals surface area (Å²) in [5.41, 5.74) is 7.53. The van der Waals surface area contributed by atoms with E-state index in [0.717, 1.165) is 38.8 Å². The van der Waals surface area contributed by atoms with E-state index in [1.165, 1.54) is 102 Å². The van der Waals surface area contributed by atoms with Gasteiger partial charge in [-0.15, -0.1) is 0 Å². The second kappa shape index (κ2) is 22.7. The smallest absolute Gasteiger partial charge is 0.337 e. The average Bonchev–Trinajstić information content (AvgIpc) is 3.03. The maximum absolute atomic E-state index is 11.3. The van der Waals surface area contributed by atoms with E-state index in [4.69, 9.17) is 10.3 Å². The highest BCUT2D eigenvalue weighted by Crippen LogP contribution is 2.25. The van der Waals surface area contributed by atoms with Crippen LogP contribution in [0.1, 0.15) is 143 Å². The van der Waals surface area contributed by atoms with Crippen LogP contribution in [0.2, 0.25) is 0 Å². The number of rotatable bonds is 21. The van der Waals surface area contributed by atoms with Gasteiger partial charge in [0.05, 0.1) is 30.2 Å². The zero-order chi connectivity index (χ0) is 34.4. The van der Waals surface area contributed by atoms with Crippen LogP contribution in [0.5, 0.6) is 0 Å². The van der Waals surface area contributed by atoms with E-state index < -0.39 is 27.0 Å². The van der Waals surface area contributed by atoms with Crippen molar-refractivity contribution >= 4 is 22.1 Å². The van der Waals surface area contributed by atoms with E-state index >= 15 is 0 Å². The summed E-state index contributed by atoms with van der Waals surface area (Å²) in [6, 6.07) is 13.6. The van der Waals surface area contributed by atoms with Gasteiger partial charge in [-0.2, -0.15) is 8.42 Å². The molecule has 2 aromatic rings. The molecule has 0 saturated carbocycles. The van der Waals surface area contributed by atoms with E-state index in [0.29, 0.717) is 5.92 Å². The predicted octanol–water partition coefficient (Wildman–Crippen LogP) is 8.96. The minimum Gasteiger partial charge on any atom is -0.465 e. The van der Waals surface area contributed by atoms with E-state index in [1.54, 1.807) is 0 Å². The lowest BCUT2D eigenvalue weighted by atomic mass is 9.79. The summed E-state index contributed by atoms with van der Waals surface area (Å²) in [7, 11) is -2.35. The number of ether oxygens (including phenoxy) is 2. The molecular weight excluding hydrogens is 602 g/mol. The molecule has 0 aromatic heterocycles. The van der Waals surface area contributed by atoms with Crippen LogP contribution < -0.4 is 5.73 Å². The number of carbonyl (C=O) groups excluding carboxylic acids is 2. The van der Waals surface area contributed by atoms with Gasteiger partial charge in [-0.1, -0.05) is 134 Å². The first-order valence-electron chi connectivity index (χ1n) is 17.0. The van der Waals surface area contributed by atoms with Crippen LogP contribution in [0.3, 0.4) is 0 Å². The van der Waals surface area contributed by atoms with Crippen molar-refractivity contribution in [2.75, 3.05) is 14.2 Å². The Kier molecular flexibility index (Phi) is 20.4. The summed E-state index contributed by atoms with van der Waals surface area (Å²) < 4.78 is 39.7. The summed E-state index contributed by atoms with van der Waals surface area (Å²) in [5.74, 6) is -1.11. The van der Waals surface area contributed by atoms with Gasteiger partial charge in [0.1, 0.15) is 0 Å². The quantitative estimate of drug-likeness (QED) is 0.0769. The van der Waals surface area contributed by atoms with Crippen molar-refractivity contribution in [3.05, 3.63) is 65.2 Å². The molecule has 0 saturated heterocycles. The Labute approximate surface area is 278 Å². The van der Waals surface area contributed by atoms with Crippen molar-refractivity contribution in [3.8, 4) is 0 Å². The van der Waals surface area contributed by atoms with Gasteiger partial charge in [0.2, 0.25) is 0 Å². The Morgan fingerprint density at radius 2 is 1.17 bits per heavy atom. The molecule has 8 nitrogen and oxygen atoms in total. The fourth-order valence-electron chi connectivity index (χ4n) is 5.40. The van der Waals surface area contributed by atoms with E-state index in [9.17, 15) is 18.0 Å². The molecule has 0 aliphatic heterocycles. The minimum atomic E-state index is -4.55. The van der Waals surface area contributed by atoms with Gasteiger partial charge in [0, 0.05) is 5.54 Å². The van der Waals surface area contributed by atoms with Gasteiger partial charge in [-0.3, -0.25) is 4.55 Å². The van der Waals surface area contributed by atoms with Crippen LogP contribution in [0, 0.1) is 5.92 Å². The molecule has 2 unspecified atom stereocenters. The predicted molar refractivity (Wildman–Crippen MR) is 186 cm³/mol. The highest BCUT2D eigenvalue weighted by molar-refractivity contribution is 7.85. The molecule has 0 amide bonds. The van der Waals surface area contributed by atoms with Crippen molar-refractivity contribution in [2.24, 2.45) is 11.7 Å². The molecule has 0 aliphatic rings. The highest BCUT2D eigenvalue weighted by Gasteiger charge is 2.26. The van der Waals surface area contributed by atoms with Gasteiger partial charge < -0.3 is 15.2 Å². The number of benzene rings is 2. The number of esters is 2. The first-order valence-corrected chi connectivity index (χ1v) is 18.4. The maximum Gasteiger partial charge on any atom is 0.337 e. The summed E-state index contributed by atoms with van der Waals surface area (Å²) >= 11 is 0. The Hall–Kier alpha value is -2.75. The number of nitrogens with two attached hydrogens (primary N) is 1. The summed E-state index contributed by atoms with van der Waals surface area (Å²) in [4.78, 5) is 22.0. The van der Waals surface area contributed by atoms with E-state index in [-0.39, 0.29) is 16.7 Å². The third-order valence-corrected chi connectivity index (χ3v) is 9.42. The van der Waals surface area contributed by atoms with Crippen molar-refractivity contribution in [1.29, 1.82) is 0 Å². The third kappa shape index (κ3) is 17.2. The zero-order valence-corrected chi connectivity index (χ0v) is 29.7. The second-order valence-electron chi connectivity index (χ2n) is 12.7. The van der Waals surface area contributed by atoms with Crippen LogP contribution in [-0.2, 0) is 26.0 Å². The lowest BCUT2D eigenvalue weighted by Gasteiger charge is -2.32. The standard InChI is InChI=1S/C27H49N.C10H10O7S/c1-4-5-6-7-8-9-10-11-12-13-14-15-16-18-21-25(2)27(3,28)24-26-22-19-17-20-23-26;1-16-9(11)6-3-7(10(12)17-2)5-8(4-6)18(13,14)15/h17,19-20,22-23,25H,4-16,18,21,24,28H2,1-3H3;3-5H,1-2H3,(H,13,14,15). The van der Waals surface area contributed by atoms with Crippen LogP contribution in [0.4, 0.5) is 0 Å². The maximum atomic E-state index is 11.3. The molecule has 9 heteroatoms. The zero-order valence-electron chi connectivity index (χ0n) is 28.9. The van der Waals surface area contributed by atoms with Gasteiger partial charge in [0.15, 0.2) is 0 Å². The van der Waals surface area contributed by atoms with E-state index in [1.807, 2.05) is 0 Å². The Morgan fingerprint density at radius 1 is 0.761 bits per heavy atom. The Morgan fingerprint density at radius 3 is 1.57 bits per heavy atom. The van der Waals surface area contributed by atoms with Crippen molar-refractivity contribution in [3.63, 3.8) is 0 Å². The molecular formula is C37H59NO7S. The molecule has 46 heavy (non-hydrogen) atoms. The molecule has 0 bridgehead atoms. The summed E-state index contributed by atoms with van der Waals surface area (Å²) in [5, 5.41) is 0. The monoisotopic (exact) mass is 661 g/mol.